The van der Waals surface area contributed by atoms with Crippen LogP contribution in [0.5, 0.6) is 0 Å². The number of nitrogens with one attached hydrogen (secondary N) is 1. The molecular formula is C14H17N3O3. The molecule has 0 aromatic heterocycles. The third-order valence-electron chi connectivity index (χ3n) is 3.53. The van der Waals surface area contributed by atoms with Gasteiger partial charge in [-0.2, -0.15) is 0 Å². The van der Waals surface area contributed by atoms with Crippen LogP contribution in [-0.4, -0.2) is 29.2 Å². The van der Waals surface area contributed by atoms with E-state index in [1.54, 1.807) is 38.1 Å². The summed E-state index contributed by atoms with van der Waals surface area (Å²) in [6.07, 6.45) is 0. The largest absolute Gasteiger partial charge is 0.399 e. The van der Waals surface area contributed by atoms with Gasteiger partial charge in [-0.05, 0) is 18.2 Å². The average molecular weight is 275 g/mol. The summed E-state index contributed by atoms with van der Waals surface area (Å²) in [5, 5.41) is 2.62. The van der Waals surface area contributed by atoms with Crippen LogP contribution >= 0.6 is 0 Å². The first-order valence-corrected chi connectivity index (χ1v) is 6.40. The number of anilines is 2. The SMILES string of the molecule is CC1C(=O)N(CC(=O)Nc2cccc(N)c2)C(=O)C1C. The van der Waals surface area contributed by atoms with Gasteiger partial charge in [-0.25, -0.2) is 0 Å². The minimum absolute atomic E-state index is 0.263. The zero-order chi connectivity index (χ0) is 14.9. The Labute approximate surface area is 116 Å². The summed E-state index contributed by atoms with van der Waals surface area (Å²) in [5.41, 5.74) is 6.67. The Balaban J connectivity index is 2.02. The second-order valence-electron chi connectivity index (χ2n) is 5.01. The molecule has 1 fully saturated rings. The fourth-order valence-corrected chi connectivity index (χ4v) is 2.14. The fourth-order valence-electron chi connectivity index (χ4n) is 2.14. The quantitative estimate of drug-likeness (QED) is 0.631. The molecule has 0 bridgehead atoms. The van der Waals surface area contributed by atoms with Crippen molar-refractivity contribution >= 4 is 29.1 Å². The van der Waals surface area contributed by atoms with Gasteiger partial charge in [-0.1, -0.05) is 19.9 Å². The van der Waals surface area contributed by atoms with Gasteiger partial charge in [0, 0.05) is 23.2 Å². The van der Waals surface area contributed by atoms with Gasteiger partial charge in [0.1, 0.15) is 6.54 Å². The van der Waals surface area contributed by atoms with Crippen LogP contribution in [0.3, 0.4) is 0 Å². The normalized spacial score (nSPS) is 22.2. The smallest absolute Gasteiger partial charge is 0.244 e. The number of imide groups is 1. The maximum absolute atomic E-state index is 11.9. The Morgan fingerprint density at radius 3 is 2.40 bits per heavy atom. The summed E-state index contributed by atoms with van der Waals surface area (Å²) < 4.78 is 0. The van der Waals surface area contributed by atoms with E-state index in [4.69, 9.17) is 5.73 Å². The van der Waals surface area contributed by atoms with Crippen LogP contribution in [0.4, 0.5) is 11.4 Å². The number of carbonyl (C=O) groups is 3. The molecule has 1 aromatic rings. The van der Waals surface area contributed by atoms with E-state index in [9.17, 15) is 14.4 Å². The molecule has 0 saturated carbocycles. The van der Waals surface area contributed by atoms with Crippen LogP contribution in [0.15, 0.2) is 24.3 Å². The van der Waals surface area contributed by atoms with E-state index >= 15 is 0 Å². The maximum Gasteiger partial charge on any atom is 0.244 e. The third kappa shape index (κ3) is 2.64. The molecule has 0 spiro atoms. The summed E-state index contributed by atoms with van der Waals surface area (Å²) in [6, 6.07) is 6.71. The summed E-state index contributed by atoms with van der Waals surface area (Å²) in [5.74, 6) is -1.76. The zero-order valence-corrected chi connectivity index (χ0v) is 11.4. The number of hydrogen-bond acceptors (Lipinski definition) is 4. The molecule has 0 radical (unpaired) electrons. The van der Waals surface area contributed by atoms with Gasteiger partial charge < -0.3 is 11.1 Å². The van der Waals surface area contributed by atoms with Crippen LogP contribution in [0.1, 0.15) is 13.8 Å². The number of amides is 3. The third-order valence-corrected chi connectivity index (χ3v) is 3.53. The molecule has 6 nitrogen and oxygen atoms in total. The lowest BCUT2D eigenvalue weighted by Crippen LogP contribution is -2.38. The number of nitrogens with two attached hydrogens (primary N) is 1. The first-order valence-electron chi connectivity index (χ1n) is 6.40. The molecule has 6 heteroatoms. The fraction of sp³-hybridized carbons (Fsp3) is 0.357. The molecule has 106 valence electrons. The Morgan fingerprint density at radius 2 is 1.85 bits per heavy atom. The van der Waals surface area contributed by atoms with E-state index in [0.29, 0.717) is 11.4 Å². The first kappa shape index (κ1) is 14.0. The van der Waals surface area contributed by atoms with Crippen molar-refractivity contribution in [3.8, 4) is 0 Å². The van der Waals surface area contributed by atoms with Crippen LogP contribution in [0.2, 0.25) is 0 Å². The Kier molecular flexibility index (Phi) is 3.74. The van der Waals surface area contributed by atoms with Crippen molar-refractivity contribution in [2.24, 2.45) is 11.8 Å². The van der Waals surface area contributed by atoms with Crippen molar-refractivity contribution in [3.05, 3.63) is 24.3 Å². The van der Waals surface area contributed by atoms with Gasteiger partial charge >= 0.3 is 0 Å². The lowest BCUT2D eigenvalue weighted by Gasteiger charge is -2.14. The minimum atomic E-state index is -0.418. The molecule has 0 aliphatic carbocycles. The molecule has 1 heterocycles. The van der Waals surface area contributed by atoms with Crippen LogP contribution < -0.4 is 11.1 Å². The lowest BCUT2D eigenvalue weighted by molar-refractivity contribution is -0.142. The standard InChI is InChI=1S/C14H17N3O3/c1-8-9(2)14(20)17(13(8)19)7-12(18)16-11-5-3-4-10(15)6-11/h3-6,8-9H,7,15H2,1-2H3,(H,16,18). The summed E-state index contributed by atoms with van der Waals surface area (Å²) in [7, 11) is 0. The molecule has 1 aliphatic rings. The number of carbonyl (C=O) groups excluding carboxylic acids is 3. The van der Waals surface area contributed by atoms with Gasteiger partial charge in [-0.15, -0.1) is 0 Å². The molecule has 1 aromatic carbocycles. The highest BCUT2D eigenvalue weighted by molar-refractivity contribution is 6.08. The first-order chi connectivity index (χ1) is 9.40. The topological polar surface area (TPSA) is 92.5 Å². The van der Waals surface area contributed by atoms with Crippen LogP contribution in [0.25, 0.3) is 0 Å². The molecule has 20 heavy (non-hydrogen) atoms. The van der Waals surface area contributed by atoms with E-state index < -0.39 is 5.91 Å². The van der Waals surface area contributed by atoms with Crippen molar-refractivity contribution in [1.29, 1.82) is 0 Å². The summed E-state index contributed by atoms with van der Waals surface area (Å²) in [6.45, 7) is 3.13. The van der Waals surface area contributed by atoms with Gasteiger partial charge in [0.25, 0.3) is 0 Å². The Hall–Kier alpha value is -2.37. The van der Waals surface area contributed by atoms with Crippen LogP contribution in [-0.2, 0) is 14.4 Å². The average Bonchev–Trinajstić information content (AvgIpc) is 2.57. The maximum atomic E-state index is 11.9. The van der Waals surface area contributed by atoms with Gasteiger partial charge in [0.05, 0.1) is 0 Å². The number of rotatable bonds is 3. The zero-order valence-electron chi connectivity index (χ0n) is 11.4. The molecule has 2 unspecified atom stereocenters. The molecule has 1 aliphatic heterocycles. The second kappa shape index (κ2) is 5.32. The number of nitrogen functional groups attached to an aromatic ring is 1. The summed E-state index contributed by atoms with van der Waals surface area (Å²) in [4.78, 5) is 36.6. The highest BCUT2D eigenvalue weighted by atomic mass is 16.2. The molecular weight excluding hydrogens is 258 g/mol. The molecule has 2 atom stereocenters. The predicted molar refractivity (Wildman–Crippen MR) is 74.5 cm³/mol. The van der Waals surface area contributed by atoms with Crippen molar-refractivity contribution in [3.63, 3.8) is 0 Å². The van der Waals surface area contributed by atoms with E-state index in [-0.39, 0.29) is 30.2 Å². The van der Waals surface area contributed by atoms with E-state index in [0.717, 1.165) is 4.90 Å². The molecule has 3 N–H and O–H groups in total. The van der Waals surface area contributed by atoms with Crippen LogP contribution in [0, 0.1) is 11.8 Å². The number of nitrogens with zero attached hydrogens (tertiary/aromatic N) is 1. The lowest BCUT2D eigenvalue weighted by atomic mass is 10.00. The Bertz CT molecular complexity index is 551. The van der Waals surface area contributed by atoms with E-state index in [2.05, 4.69) is 5.32 Å². The highest BCUT2D eigenvalue weighted by Gasteiger charge is 2.42. The number of likely N-dealkylation sites (tertiary alicyclic amines) is 1. The van der Waals surface area contributed by atoms with Gasteiger partial charge in [0.2, 0.25) is 17.7 Å². The van der Waals surface area contributed by atoms with Crippen molar-refractivity contribution in [2.45, 2.75) is 13.8 Å². The number of benzene rings is 1. The molecule has 3 amide bonds. The van der Waals surface area contributed by atoms with Gasteiger partial charge in [0.15, 0.2) is 0 Å². The van der Waals surface area contributed by atoms with E-state index in [1.165, 1.54) is 0 Å². The number of hydrogen-bond donors (Lipinski definition) is 2. The monoisotopic (exact) mass is 275 g/mol. The predicted octanol–water partition coefficient (Wildman–Crippen LogP) is 0.848. The molecule has 1 saturated heterocycles. The molecule has 2 rings (SSSR count). The Morgan fingerprint density at radius 1 is 1.25 bits per heavy atom. The van der Waals surface area contributed by atoms with E-state index in [1.807, 2.05) is 0 Å². The minimum Gasteiger partial charge on any atom is -0.399 e. The van der Waals surface area contributed by atoms with Crippen molar-refractivity contribution in [1.82, 2.24) is 4.90 Å². The van der Waals surface area contributed by atoms with Gasteiger partial charge in [-0.3, -0.25) is 19.3 Å². The van der Waals surface area contributed by atoms with Crippen molar-refractivity contribution in [2.75, 3.05) is 17.6 Å². The second-order valence-corrected chi connectivity index (χ2v) is 5.01. The highest BCUT2D eigenvalue weighted by Crippen LogP contribution is 2.25. The summed E-state index contributed by atoms with van der Waals surface area (Å²) >= 11 is 0. The van der Waals surface area contributed by atoms with Crippen molar-refractivity contribution < 1.29 is 14.4 Å².